The molecule has 0 bridgehead atoms. The Morgan fingerprint density at radius 3 is 2.32 bits per heavy atom. The minimum Gasteiger partial charge on any atom is -0.476 e. The number of H-pyrrole nitrogens is 1. The molecular weight excluding hydrogens is 426 g/mol. The number of aromatic amines is 1. The molecule has 2 saturated heterocycles. The molecule has 0 spiro atoms. The normalized spacial score (nSPS) is 20.5. The van der Waals surface area contributed by atoms with Gasteiger partial charge in [-0.15, -0.1) is 0 Å². The van der Waals surface area contributed by atoms with Crippen molar-refractivity contribution >= 4 is 22.7 Å². The molecule has 0 unspecified atom stereocenters. The topological polar surface area (TPSA) is 85.3 Å². The summed E-state index contributed by atoms with van der Waals surface area (Å²) in [5.41, 5.74) is 4.43. The average molecular weight is 460 g/mol. The van der Waals surface area contributed by atoms with E-state index in [2.05, 4.69) is 25.0 Å². The zero-order valence-corrected chi connectivity index (χ0v) is 19.7. The van der Waals surface area contributed by atoms with E-state index in [0.717, 1.165) is 66.7 Å². The van der Waals surface area contributed by atoms with Crippen molar-refractivity contribution in [2.45, 2.75) is 63.3 Å². The second-order valence-corrected chi connectivity index (χ2v) is 10.1. The number of carboxylic acid groups (broad SMARTS) is 1. The highest BCUT2D eigenvalue weighted by atomic mass is 16.4. The number of likely N-dealkylation sites (tertiary alicyclic amines) is 1. The standard InChI is InChI=1S/C27H33N5O2/c33-27(34)24-21(18-8-3-1-4-9-18)25(22-23(19-10-7-11-19)29-30-26(22)28-24)32-16-12-20(13-17-32)31-14-5-2-6-15-31/h1,3-4,8-9,19-20H,2,5-7,10-17H2,(H,33,34)(H,28,29,30). The molecule has 1 saturated carbocycles. The van der Waals surface area contributed by atoms with Gasteiger partial charge in [-0.25, -0.2) is 9.78 Å². The van der Waals surface area contributed by atoms with Crippen molar-refractivity contribution < 1.29 is 9.90 Å². The molecule has 1 aromatic carbocycles. The van der Waals surface area contributed by atoms with E-state index in [9.17, 15) is 9.90 Å². The monoisotopic (exact) mass is 459 g/mol. The number of aromatic carboxylic acids is 1. The molecule has 0 atom stereocenters. The third kappa shape index (κ3) is 3.76. The summed E-state index contributed by atoms with van der Waals surface area (Å²) in [7, 11) is 0. The summed E-state index contributed by atoms with van der Waals surface area (Å²) in [4.78, 5) is 22.1. The molecule has 6 rings (SSSR count). The number of fused-ring (bicyclic) bond motifs is 1. The molecule has 3 aromatic rings. The molecule has 3 aliphatic rings. The molecule has 0 radical (unpaired) electrons. The molecule has 2 aromatic heterocycles. The van der Waals surface area contributed by atoms with Crippen molar-refractivity contribution in [3.8, 4) is 11.1 Å². The Morgan fingerprint density at radius 2 is 1.68 bits per heavy atom. The summed E-state index contributed by atoms with van der Waals surface area (Å²) in [5, 5.41) is 19.0. The number of nitrogens with one attached hydrogen (secondary N) is 1. The number of piperidine rings is 2. The van der Waals surface area contributed by atoms with Gasteiger partial charge in [0.15, 0.2) is 11.3 Å². The van der Waals surface area contributed by atoms with Crippen LogP contribution in [0.3, 0.4) is 0 Å². The van der Waals surface area contributed by atoms with Crippen LogP contribution in [0.5, 0.6) is 0 Å². The highest BCUT2D eigenvalue weighted by molar-refractivity contribution is 6.08. The maximum Gasteiger partial charge on any atom is 0.355 e. The second-order valence-electron chi connectivity index (χ2n) is 10.1. The van der Waals surface area contributed by atoms with Gasteiger partial charge >= 0.3 is 5.97 Å². The van der Waals surface area contributed by atoms with Gasteiger partial charge in [0.25, 0.3) is 0 Å². The van der Waals surface area contributed by atoms with Gasteiger partial charge in [0, 0.05) is 30.6 Å². The second kappa shape index (κ2) is 9.02. The summed E-state index contributed by atoms with van der Waals surface area (Å²) in [6.07, 6.45) is 9.69. The lowest BCUT2D eigenvalue weighted by Crippen LogP contribution is -2.47. The van der Waals surface area contributed by atoms with Gasteiger partial charge in [0.1, 0.15) is 0 Å². The lowest BCUT2D eigenvalue weighted by molar-refractivity contribution is 0.0692. The number of pyridine rings is 1. The van der Waals surface area contributed by atoms with Crippen LogP contribution >= 0.6 is 0 Å². The number of benzene rings is 1. The van der Waals surface area contributed by atoms with Gasteiger partial charge in [-0.1, -0.05) is 43.2 Å². The summed E-state index contributed by atoms with van der Waals surface area (Å²) in [6.45, 7) is 4.29. The maximum absolute atomic E-state index is 12.4. The van der Waals surface area contributed by atoms with Crippen molar-refractivity contribution in [2.75, 3.05) is 31.1 Å². The lowest BCUT2D eigenvalue weighted by Gasteiger charge is -2.41. The quantitative estimate of drug-likeness (QED) is 0.556. The van der Waals surface area contributed by atoms with Crippen LogP contribution in [0, 0.1) is 0 Å². The third-order valence-electron chi connectivity index (χ3n) is 8.15. The summed E-state index contributed by atoms with van der Waals surface area (Å²) in [6, 6.07) is 10.5. The molecule has 2 aliphatic heterocycles. The molecule has 2 N–H and O–H groups in total. The van der Waals surface area contributed by atoms with Crippen LogP contribution in [0.25, 0.3) is 22.2 Å². The number of anilines is 1. The zero-order chi connectivity index (χ0) is 23.1. The van der Waals surface area contributed by atoms with Crippen LogP contribution in [-0.4, -0.2) is 63.4 Å². The summed E-state index contributed by atoms with van der Waals surface area (Å²) >= 11 is 0. The molecule has 1 aliphatic carbocycles. The smallest absolute Gasteiger partial charge is 0.355 e. The number of carboxylic acids is 1. The molecule has 3 fully saturated rings. The van der Waals surface area contributed by atoms with Crippen LogP contribution in [0.4, 0.5) is 5.69 Å². The first-order chi connectivity index (χ1) is 16.7. The van der Waals surface area contributed by atoms with Crippen LogP contribution in [0.1, 0.15) is 73.5 Å². The van der Waals surface area contributed by atoms with E-state index in [1.165, 1.54) is 38.8 Å². The summed E-state index contributed by atoms with van der Waals surface area (Å²) in [5.74, 6) is -0.565. The van der Waals surface area contributed by atoms with E-state index in [-0.39, 0.29) is 5.69 Å². The number of nitrogens with zero attached hydrogens (tertiary/aromatic N) is 4. The van der Waals surface area contributed by atoms with Crippen LogP contribution in [-0.2, 0) is 0 Å². The number of hydrogen-bond donors (Lipinski definition) is 2. The van der Waals surface area contributed by atoms with Gasteiger partial charge in [-0.3, -0.25) is 5.10 Å². The van der Waals surface area contributed by atoms with E-state index in [1.54, 1.807) is 0 Å². The van der Waals surface area contributed by atoms with Crippen molar-refractivity contribution in [2.24, 2.45) is 0 Å². The first-order valence-corrected chi connectivity index (χ1v) is 12.9. The molecule has 34 heavy (non-hydrogen) atoms. The Kier molecular flexibility index (Phi) is 5.73. The first-order valence-electron chi connectivity index (χ1n) is 12.9. The maximum atomic E-state index is 12.4. The molecular formula is C27H33N5O2. The lowest BCUT2D eigenvalue weighted by atomic mass is 9.81. The fourth-order valence-electron chi connectivity index (χ4n) is 6.13. The van der Waals surface area contributed by atoms with Gasteiger partial charge in [0.2, 0.25) is 0 Å². The minimum atomic E-state index is -0.995. The fraction of sp³-hybridized carbons (Fsp3) is 0.519. The third-order valence-corrected chi connectivity index (χ3v) is 8.15. The first kappa shape index (κ1) is 21.6. The summed E-state index contributed by atoms with van der Waals surface area (Å²) < 4.78 is 0. The SMILES string of the molecule is O=C(O)c1nc2[nH]nc(C3CCC3)c2c(N2CCC(N3CCCCC3)CC2)c1-c1ccccc1. The van der Waals surface area contributed by atoms with Crippen molar-refractivity contribution in [1.82, 2.24) is 20.1 Å². The van der Waals surface area contributed by atoms with Crippen LogP contribution < -0.4 is 4.90 Å². The van der Waals surface area contributed by atoms with E-state index in [4.69, 9.17) is 0 Å². The Labute approximate surface area is 200 Å². The molecule has 0 amide bonds. The Hall–Kier alpha value is -2.93. The fourth-order valence-corrected chi connectivity index (χ4v) is 6.13. The highest BCUT2D eigenvalue weighted by Gasteiger charge is 2.34. The average Bonchev–Trinajstić information content (AvgIpc) is 3.26. The van der Waals surface area contributed by atoms with E-state index in [1.807, 2.05) is 30.3 Å². The Morgan fingerprint density at radius 1 is 0.941 bits per heavy atom. The largest absolute Gasteiger partial charge is 0.476 e. The van der Waals surface area contributed by atoms with Crippen molar-refractivity contribution in [1.29, 1.82) is 0 Å². The Balaban J connectivity index is 1.47. The van der Waals surface area contributed by atoms with Gasteiger partial charge in [-0.05, 0) is 57.2 Å². The predicted molar refractivity (Wildman–Crippen MR) is 134 cm³/mol. The minimum absolute atomic E-state index is 0.107. The molecule has 7 nitrogen and oxygen atoms in total. The highest BCUT2D eigenvalue weighted by Crippen LogP contribution is 2.46. The van der Waals surface area contributed by atoms with Crippen molar-refractivity contribution in [3.63, 3.8) is 0 Å². The van der Waals surface area contributed by atoms with E-state index >= 15 is 0 Å². The van der Waals surface area contributed by atoms with Gasteiger partial charge < -0.3 is 14.9 Å². The van der Waals surface area contributed by atoms with Crippen LogP contribution in [0.2, 0.25) is 0 Å². The number of aromatic nitrogens is 3. The number of rotatable bonds is 5. The van der Waals surface area contributed by atoms with Gasteiger partial charge in [0.05, 0.1) is 16.8 Å². The van der Waals surface area contributed by atoms with Crippen molar-refractivity contribution in [3.05, 3.63) is 41.7 Å². The van der Waals surface area contributed by atoms with Gasteiger partial charge in [-0.2, -0.15) is 5.10 Å². The molecule has 4 heterocycles. The molecule has 178 valence electrons. The van der Waals surface area contributed by atoms with Crippen LogP contribution in [0.15, 0.2) is 30.3 Å². The van der Waals surface area contributed by atoms with E-state index < -0.39 is 5.97 Å². The predicted octanol–water partition coefficient (Wildman–Crippen LogP) is 5.05. The Bertz CT molecular complexity index is 1170. The van der Waals surface area contributed by atoms with E-state index in [0.29, 0.717) is 17.6 Å². The molecule has 7 heteroatoms. The number of carbonyl (C=O) groups is 1. The number of hydrogen-bond acceptors (Lipinski definition) is 5. The zero-order valence-electron chi connectivity index (χ0n) is 19.7.